The topological polar surface area (TPSA) is 69.4 Å². The van der Waals surface area contributed by atoms with Crippen molar-refractivity contribution in [1.29, 1.82) is 0 Å². The van der Waals surface area contributed by atoms with Crippen molar-refractivity contribution in [2.45, 2.75) is 25.3 Å². The number of nitrogens with two attached hydrogens (primary N) is 1. The predicted molar refractivity (Wildman–Crippen MR) is 88.0 cm³/mol. The van der Waals surface area contributed by atoms with Crippen molar-refractivity contribution in [3.05, 3.63) is 58.9 Å². The summed E-state index contributed by atoms with van der Waals surface area (Å²) in [6, 6.07) is 10.2. The summed E-state index contributed by atoms with van der Waals surface area (Å²) in [6.45, 7) is 0.367. The van der Waals surface area contributed by atoms with Gasteiger partial charge in [-0.15, -0.1) is 0 Å². The van der Waals surface area contributed by atoms with Gasteiger partial charge in [-0.1, -0.05) is 24.3 Å². The van der Waals surface area contributed by atoms with Crippen LogP contribution in [0.3, 0.4) is 0 Å². The molecule has 24 heavy (non-hydrogen) atoms. The van der Waals surface area contributed by atoms with Gasteiger partial charge in [0.15, 0.2) is 0 Å². The van der Waals surface area contributed by atoms with E-state index in [1.165, 1.54) is 6.07 Å². The monoisotopic (exact) mass is 327 g/mol. The van der Waals surface area contributed by atoms with E-state index in [4.69, 9.17) is 5.73 Å². The van der Waals surface area contributed by atoms with Crippen molar-refractivity contribution in [2.75, 3.05) is 6.61 Å². The molecule has 0 radical (unpaired) electrons. The first-order chi connectivity index (χ1) is 11.6. The molecular formula is C19H18FNO3. The summed E-state index contributed by atoms with van der Waals surface area (Å²) in [5.74, 6) is -0.234. The summed E-state index contributed by atoms with van der Waals surface area (Å²) >= 11 is 0. The fourth-order valence-electron chi connectivity index (χ4n) is 3.16. The summed E-state index contributed by atoms with van der Waals surface area (Å²) in [5.41, 5.74) is 10.9. The van der Waals surface area contributed by atoms with Gasteiger partial charge in [-0.25, -0.2) is 4.39 Å². The molecule has 3 rings (SSSR count). The summed E-state index contributed by atoms with van der Waals surface area (Å²) in [5, 5.41) is 0. The summed E-state index contributed by atoms with van der Waals surface area (Å²) in [7, 11) is 0. The zero-order chi connectivity index (χ0) is 17.1. The van der Waals surface area contributed by atoms with Crippen molar-refractivity contribution < 1.29 is 18.7 Å². The standard InChI is InChI=1S/C19H18FNO3/c20-15-2-4-19-14(8-15)7-13-5-12(1-3-18(13)19)6-17(23)9-16(21)10-24-11-22/h1-5,8,11,16H,6-7,9-10,21H2/t16-/m0/s1. The number of ketones is 1. The Kier molecular flexibility index (Phi) is 4.71. The number of fused-ring (bicyclic) bond motifs is 3. The van der Waals surface area contributed by atoms with Crippen molar-refractivity contribution in [1.82, 2.24) is 0 Å². The minimum Gasteiger partial charge on any atom is -0.466 e. The molecule has 1 aliphatic carbocycles. The number of benzene rings is 2. The zero-order valence-corrected chi connectivity index (χ0v) is 13.1. The molecule has 2 aromatic rings. The van der Waals surface area contributed by atoms with E-state index in [1.54, 1.807) is 12.1 Å². The smallest absolute Gasteiger partial charge is 0.293 e. The van der Waals surface area contributed by atoms with Crippen LogP contribution in [0.1, 0.15) is 23.1 Å². The Labute approximate surface area is 139 Å². The lowest BCUT2D eigenvalue weighted by Crippen LogP contribution is -2.29. The number of ether oxygens (including phenoxy) is 1. The third-order valence-corrected chi connectivity index (χ3v) is 4.18. The van der Waals surface area contributed by atoms with E-state index in [1.807, 2.05) is 18.2 Å². The Morgan fingerprint density at radius 3 is 2.67 bits per heavy atom. The number of carbonyl (C=O) groups is 2. The van der Waals surface area contributed by atoms with E-state index in [0.717, 1.165) is 27.8 Å². The maximum atomic E-state index is 13.4. The van der Waals surface area contributed by atoms with E-state index >= 15 is 0 Å². The van der Waals surface area contributed by atoms with Gasteiger partial charge in [-0.3, -0.25) is 9.59 Å². The molecule has 0 fully saturated rings. The normalized spacial score (nSPS) is 13.1. The van der Waals surface area contributed by atoms with Crippen LogP contribution in [-0.4, -0.2) is 24.9 Å². The largest absolute Gasteiger partial charge is 0.466 e. The summed E-state index contributed by atoms with van der Waals surface area (Å²) in [6.07, 6.45) is 1.13. The Balaban J connectivity index is 1.68. The van der Waals surface area contributed by atoms with E-state index < -0.39 is 6.04 Å². The number of hydrogen-bond donors (Lipinski definition) is 1. The first kappa shape index (κ1) is 16.3. The van der Waals surface area contributed by atoms with Gasteiger partial charge in [0.1, 0.15) is 18.2 Å². The van der Waals surface area contributed by atoms with Gasteiger partial charge in [0.25, 0.3) is 6.47 Å². The second kappa shape index (κ2) is 6.93. The van der Waals surface area contributed by atoms with Crippen LogP contribution in [0.15, 0.2) is 36.4 Å². The third-order valence-electron chi connectivity index (χ3n) is 4.18. The maximum absolute atomic E-state index is 13.4. The van der Waals surface area contributed by atoms with E-state index in [2.05, 4.69) is 4.74 Å². The van der Waals surface area contributed by atoms with Crippen LogP contribution >= 0.6 is 0 Å². The van der Waals surface area contributed by atoms with E-state index in [0.29, 0.717) is 12.9 Å². The van der Waals surface area contributed by atoms with E-state index in [-0.39, 0.29) is 31.0 Å². The van der Waals surface area contributed by atoms with Gasteiger partial charge in [0.2, 0.25) is 0 Å². The molecule has 2 N–H and O–H groups in total. The quantitative estimate of drug-likeness (QED) is 0.677. The third kappa shape index (κ3) is 3.51. The van der Waals surface area contributed by atoms with Gasteiger partial charge >= 0.3 is 0 Å². The van der Waals surface area contributed by atoms with Crippen molar-refractivity contribution >= 4 is 12.3 Å². The fraction of sp³-hybridized carbons (Fsp3) is 0.263. The molecule has 4 nitrogen and oxygen atoms in total. The second-order valence-electron chi connectivity index (χ2n) is 6.08. The molecule has 2 aromatic carbocycles. The van der Waals surface area contributed by atoms with Gasteiger partial charge in [0.05, 0.1) is 0 Å². The molecule has 0 heterocycles. The van der Waals surface area contributed by atoms with Crippen molar-refractivity contribution in [2.24, 2.45) is 5.73 Å². The minimum atomic E-state index is -0.482. The van der Waals surface area contributed by atoms with Crippen LogP contribution in [0.5, 0.6) is 0 Å². The molecule has 0 amide bonds. The lowest BCUT2D eigenvalue weighted by molar-refractivity contribution is -0.130. The molecule has 0 unspecified atom stereocenters. The van der Waals surface area contributed by atoms with Crippen LogP contribution in [0, 0.1) is 5.82 Å². The van der Waals surface area contributed by atoms with Crippen LogP contribution < -0.4 is 5.73 Å². The van der Waals surface area contributed by atoms with E-state index in [9.17, 15) is 14.0 Å². The van der Waals surface area contributed by atoms with Crippen LogP contribution in [0.2, 0.25) is 0 Å². The first-order valence-corrected chi connectivity index (χ1v) is 7.80. The number of halogens is 1. The number of carbonyl (C=O) groups excluding carboxylic acids is 2. The molecule has 1 aliphatic rings. The molecule has 0 saturated carbocycles. The molecule has 124 valence electrons. The lowest BCUT2D eigenvalue weighted by Gasteiger charge is -2.10. The average molecular weight is 327 g/mol. The molecule has 0 aromatic heterocycles. The Morgan fingerprint density at radius 1 is 1.21 bits per heavy atom. The predicted octanol–water partition coefficient (Wildman–Crippen LogP) is 2.40. The highest BCUT2D eigenvalue weighted by Gasteiger charge is 2.19. The molecule has 5 heteroatoms. The van der Waals surface area contributed by atoms with Crippen molar-refractivity contribution in [3.8, 4) is 11.1 Å². The number of hydrogen-bond acceptors (Lipinski definition) is 4. The van der Waals surface area contributed by atoms with Gasteiger partial charge in [-0.2, -0.15) is 0 Å². The average Bonchev–Trinajstić information content (AvgIpc) is 2.89. The Hall–Kier alpha value is -2.53. The van der Waals surface area contributed by atoms with Gasteiger partial charge < -0.3 is 10.5 Å². The highest BCUT2D eigenvalue weighted by atomic mass is 19.1. The molecular weight excluding hydrogens is 309 g/mol. The molecule has 0 spiro atoms. The van der Waals surface area contributed by atoms with Crippen LogP contribution in [0.25, 0.3) is 11.1 Å². The van der Waals surface area contributed by atoms with Crippen LogP contribution in [-0.2, 0) is 27.2 Å². The number of rotatable bonds is 7. The molecule has 0 bridgehead atoms. The second-order valence-corrected chi connectivity index (χ2v) is 6.08. The molecule has 1 atom stereocenters. The highest BCUT2D eigenvalue weighted by molar-refractivity contribution is 5.83. The number of Topliss-reactive ketones (excluding diaryl/α,β-unsaturated/α-hetero) is 1. The Bertz CT molecular complexity index is 788. The molecule has 0 saturated heterocycles. The highest BCUT2D eigenvalue weighted by Crippen LogP contribution is 2.37. The van der Waals surface area contributed by atoms with Gasteiger partial charge in [-0.05, 0) is 46.4 Å². The zero-order valence-electron chi connectivity index (χ0n) is 13.1. The maximum Gasteiger partial charge on any atom is 0.293 e. The molecule has 0 aliphatic heterocycles. The minimum absolute atomic E-state index is 0.00138. The SMILES string of the molecule is N[C@H](COC=O)CC(=O)Cc1ccc2c(c1)Cc1cc(F)ccc1-2. The fourth-order valence-corrected chi connectivity index (χ4v) is 3.16. The summed E-state index contributed by atoms with van der Waals surface area (Å²) in [4.78, 5) is 22.2. The Morgan fingerprint density at radius 2 is 1.92 bits per heavy atom. The first-order valence-electron chi connectivity index (χ1n) is 7.80. The van der Waals surface area contributed by atoms with Gasteiger partial charge in [0, 0.05) is 18.9 Å². The van der Waals surface area contributed by atoms with Crippen LogP contribution in [0.4, 0.5) is 4.39 Å². The van der Waals surface area contributed by atoms with Crippen molar-refractivity contribution in [3.63, 3.8) is 0 Å². The summed E-state index contributed by atoms with van der Waals surface area (Å²) < 4.78 is 17.9. The lowest BCUT2D eigenvalue weighted by atomic mass is 9.99.